The minimum absolute atomic E-state index is 0.0188. The van der Waals surface area contributed by atoms with Gasteiger partial charge in [0.2, 0.25) is 0 Å². The fourth-order valence-corrected chi connectivity index (χ4v) is 1.31. The van der Waals surface area contributed by atoms with E-state index in [1.807, 2.05) is 6.92 Å². The Balaban J connectivity index is 2.23. The lowest BCUT2D eigenvalue weighted by atomic mass is 10.1. The Kier molecular flexibility index (Phi) is 2.49. The molecule has 0 bridgehead atoms. The van der Waals surface area contributed by atoms with E-state index in [0.29, 0.717) is 0 Å². The molecule has 0 amide bonds. The second kappa shape index (κ2) is 3.18. The van der Waals surface area contributed by atoms with Crippen LogP contribution in [0.3, 0.4) is 0 Å². The van der Waals surface area contributed by atoms with Crippen molar-refractivity contribution in [2.45, 2.75) is 32.4 Å². The fraction of sp³-hybridized carbons (Fsp3) is 1.00. The zero-order valence-electron chi connectivity index (χ0n) is 6.06. The van der Waals surface area contributed by atoms with Crippen LogP contribution in [0.1, 0.15) is 26.2 Å². The van der Waals surface area contributed by atoms with Gasteiger partial charge in [-0.05, 0) is 32.9 Å². The molecule has 1 radical (unpaired) electrons. The van der Waals surface area contributed by atoms with Crippen molar-refractivity contribution >= 4 is 0 Å². The number of rotatable bonds is 1. The van der Waals surface area contributed by atoms with Gasteiger partial charge in [-0.3, -0.25) is 4.90 Å². The molecule has 1 heterocycles. The summed E-state index contributed by atoms with van der Waals surface area (Å²) in [6, 6.07) is 0. The van der Waals surface area contributed by atoms with Crippen molar-refractivity contribution in [1.82, 2.24) is 10.6 Å². The first kappa shape index (κ1) is 7.03. The lowest BCUT2D eigenvalue weighted by molar-refractivity contribution is 0.173. The first-order valence-corrected chi connectivity index (χ1v) is 3.76. The summed E-state index contributed by atoms with van der Waals surface area (Å²) in [5.74, 6) is 0. The van der Waals surface area contributed by atoms with Gasteiger partial charge in [-0.1, -0.05) is 6.42 Å². The van der Waals surface area contributed by atoms with Gasteiger partial charge in [0.1, 0.15) is 0 Å². The zero-order chi connectivity index (χ0) is 6.69. The Morgan fingerprint density at radius 3 is 2.11 bits per heavy atom. The van der Waals surface area contributed by atoms with Gasteiger partial charge in [0.05, 0.1) is 6.17 Å². The topological polar surface area (TPSA) is 27.0 Å². The van der Waals surface area contributed by atoms with Crippen LogP contribution in [0, 0.1) is 0 Å². The molecule has 0 aromatic heterocycles. The maximum atomic E-state index is 7.40. The minimum atomic E-state index is 0.0188. The van der Waals surface area contributed by atoms with Crippen LogP contribution in [0.4, 0.5) is 0 Å². The summed E-state index contributed by atoms with van der Waals surface area (Å²) in [5, 5.41) is 0. The summed E-state index contributed by atoms with van der Waals surface area (Å²) < 4.78 is 0. The molecule has 2 nitrogen and oxygen atoms in total. The average molecular weight is 127 g/mol. The molecule has 0 saturated carbocycles. The predicted octanol–water partition coefficient (Wildman–Crippen LogP) is 1.10. The third-order valence-corrected chi connectivity index (χ3v) is 1.94. The molecule has 0 aliphatic carbocycles. The molecular weight excluding hydrogens is 112 g/mol. The summed E-state index contributed by atoms with van der Waals surface area (Å²) in [4.78, 5) is 2.23. The first-order chi connectivity index (χ1) is 4.30. The number of piperidine rings is 1. The van der Waals surface area contributed by atoms with Crippen LogP contribution in [0.25, 0.3) is 0 Å². The van der Waals surface area contributed by atoms with Crippen LogP contribution in [-0.4, -0.2) is 24.2 Å². The van der Waals surface area contributed by atoms with E-state index in [-0.39, 0.29) is 6.17 Å². The lowest BCUT2D eigenvalue weighted by Crippen LogP contribution is -2.37. The summed E-state index contributed by atoms with van der Waals surface area (Å²) in [5.41, 5.74) is 7.40. The van der Waals surface area contributed by atoms with Gasteiger partial charge in [-0.15, -0.1) is 0 Å². The molecule has 1 atom stereocenters. The second-order valence-corrected chi connectivity index (χ2v) is 2.77. The number of nitrogens with zero attached hydrogens (tertiary/aromatic N) is 1. The van der Waals surface area contributed by atoms with Gasteiger partial charge in [0.25, 0.3) is 0 Å². The highest BCUT2D eigenvalue weighted by Gasteiger charge is 2.12. The van der Waals surface area contributed by atoms with Crippen LogP contribution in [-0.2, 0) is 0 Å². The number of hydrogen-bond donors (Lipinski definition) is 0. The predicted molar refractivity (Wildman–Crippen MR) is 38.0 cm³/mol. The second-order valence-electron chi connectivity index (χ2n) is 2.77. The van der Waals surface area contributed by atoms with Crippen molar-refractivity contribution in [3.05, 3.63) is 0 Å². The normalized spacial score (nSPS) is 26.0. The van der Waals surface area contributed by atoms with Crippen LogP contribution < -0.4 is 5.73 Å². The largest absolute Gasteiger partial charge is 0.287 e. The molecule has 0 aromatic carbocycles. The van der Waals surface area contributed by atoms with E-state index in [9.17, 15) is 0 Å². The molecular formula is C7H15N2. The van der Waals surface area contributed by atoms with E-state index in [1.165, 1.54) is 19.3 Å². The Bertz CT molecular complexity index is 75.0. The number of hydrogen-bond acceptors (Lipinski definition) is 1. The molecule has 53 valence electrons. The van der Waals surface area contributed by atoms with Crippen molar-refractivity contribution in [2.75, 3.05) is 13.1 Å². The third-order valence-electron chi connectivity index (χ3n) is 1.94. The van der Waals surface area contributed by atoms with Gasteiger partial charge in [0, 0.05) is 0 Å². The van der Waals surface area contributed by atoms with Crippen molar-refractivity contribution in [2.24, 2.45) is 0 Å². The van der Waals surface area contributed by atoms with Crippen molar-refractivity contribution in [3.8, 4) is 0 Å². The Hall–Kier alpha value is -0.0800. The Labute approximate surface area is 57.0 Å². The van der Waals surface area contributed by atoms with Crippen LogP contribution in [0.5, 0.6) is 0 Å². The molecule has 1 aliphatic heterocycles. The van der Waals surface area contributed by atoms with Crippen LogP contribution >= 0.6 is 0 Å². The molecule has 1 unspecified atom stereocenters. The quantitative estimate of drug-likeness (QED) is 0.518. The molecule has 1 rings (SSSR count). The SMILES string of the molecule is CC([NH])N1CCCCC1. The lowest BCUT2D eigenvalue weighted by Gasteiger charge is -2.28. The van der Waals surface area contributed by atoms with E-state index < -0.39 is 0 Å². The smallest absolute Gasteiger partial charge is 0.0700 e. The highest BCUT2D eigenvalue weighted by molar-refractivity contribution is 4.65. The molecule has 1 N–H and O–H groups in total. The minimum Gasteiger partial charge on any atom is -0.287 e. The first-order valence-electron chi connectivity index (χ1n) is 3.76. The fourth-order valence-electron chi connectivity index (χ4n) is 1.31. The molecule has 0 aromatic rings. The molecule has 9 heavy (non-hydrogen) atoms. The summed E-state index contributed by atoms with van der Waals surface area (Å²) in [6.45, 7) is 4.24. The maximum absolute atomic E-state index is 7.40. The molecule has 1 fully saturated rings. The highest BCUT2D eigenvalue weighted by atomic mass is 15.2. The molecule has 1 saturated heterocycles. The molecule has 0 spiro atoms. The monoisotopic (exact) mass is 127 g/mol. The summed E-state index contributed by atoms with van der Waals surface area (Å²) in [6.07, 6.45) is 3.97. The Morgan fingerprint density at radius 1 is 1.22 bits per heavy atom. The van der Waals surface area contributed by atoms with Crippen LogP contribution in [0.15, 0.2) is 0 Å². The van der Waals surface area contributed by atoms with Gasteiger partial charge < -0.3 is 0 Å². The van der Waals surface area contributed by atoms with Gasteiger partial charge in [0.15, 0.2) is 0 Å². The summed E-state index contributed by atoms with van der Waals surface area (Å²) >= 11 is 0. The van der Waals surface area contributed by atoms with E-state index in [2.05, 4.69) is 4.90 Å². The highest BCUT2D eigenvalue weighted by Crippen LogP contribution is 2.09. The average Bonchev–Trinajstić information content (AvgIpc) is 1.90. The van der Waals surface area contributed by atoms with Gasteiger partial charge in [-0.25, -0.2) is 5.73 Å². The molecule has 2 heteroatoms. The Morgan fingerprint density at radius 2 is 1.78 bits per heavy atom. The van der Waals surface area contributed by atoms with E-state index in [4.69, 9.17) is 5.73 Å². The van der Waals surface area contributed by atoms with E-state index in [1.54, 1.807) is 0 Å². The van der Waals surface area contributed by atoms with E-state index in [0.717, 1.165) is 13.1 Å². The van der Waals surface area contributed by atoms with E-state index >= 15 is 0 Å². The summed E-state index contributed by atoms with van der Waals surface area (Å²) in [7, 11) is 0. The number of likely N-dealkylation sites (tertiary alicyclic amines) is 1. The zero-order valence-corrected chi connectivity index (χ0v) is 6.06. The standard InChI is InChI=1S/C7H15N2/c1-7(8)9-5-3-2-4-6-9/h7-8H,2-6H2,1H3. The van der Waals surface area contributed by atoms with Crippen molar-refractivity contribution in [1.29, 1.82) is 0 Å². The van der Waals surface area contributed by atoms with Gasteiger partial charge in [-0.2, -0.15) is 0 Å². The van der Waals surface area contributed by atoms with Crippen LogP contribution in [0.2, 0.25) is 0 Å². The molecule has 1 aliphatic rings. The van der Waals surface area contributed by atoms with Crippen molar-refractivity contribution < 1.29 is 0 Å². The maximum Gasteiger partial charge on any atom is 0.0700 e. The van der Waals surface area contributed by atoms with Crippen molar-refractivity contribution in [3.63, 3.8) is 0 Å². The van der Waals surface area contributed by atoms with Gasteiger partial charge >= 0.3 is 0 Å². The number of nitrogens with one attached hydrogen (secondary N) is 1. The third kappa shape index (κ3) is 1.95.